The summed E-state index contributed by atoms with van der Waals surface area (Å²) in [4.78, 5) is 29.0. The number of piperidine rings is 1. The van der Waals surface area contributed by atoms with Crippen molar-refractivity contribution >= 4 is 17.5 Å². The van der Waals surface area contributed by atoms with E-state index in [-0.39, 0.29) is 17.7 Å². The van der Waals surface area contributed by atoms with Gasteiger partial charge in [-0.25, -0.2) is 0 Å². The van der Waals surface area contributed by atoms with E-state index in [2.05, 4.69) is 22.4 Å². The monoisotopic (exact) mass is 384 g/mol. The molecule has 28 heavy (non-hydrogen) atoms. The lowest BCUT2D eigenvalue weighted by atomic mass is 9.96. The summed E-state index contributed by atoms with van der Waals surface area (Å²) in [6, 6.07) is 8.20. The van der Waals surface area contributed by atoms with E-state index >= 15 is 0 Å². The zero-order chi connectivity index (χ0) is 20.5. The summed E-state index contributed by atoms with van der Waals surface area (Å²) < 4.78 is 0. The van der Waals surface area contributed by atoms with E-state index in [4.69, 9.17) is 5.26 Å². The predicted octanol–water partition coefficient (Wildman–Crippen LogP) is 2.79. The van der Waals surface area contributed by atoms with Crippen LogP contribution in [0.2, 0.25) is 0 Å². The summed E-state index contributed by atoms with van der Waals surface area (Å²) in [7, 11) is 0. The fourth-order valence-corrected chi connectivity index (χ4v) is 3.69. The standard InChI is InChI=1S/C22H32N4O2/c1-4-9-24-22(28)19-6-11-25(12-7-19)16-21(27)26(10-5-8-23)20-14-17(2)13-18(3)15-20/h13-15,19H,4-7,9-12,16H2,1-3H3,(H,24,28). The topological polar surface area (TPSA) is 76.4 Å². The van der Waals surface area contributed by atoms with E-state index in [1.807, 2.05) is 32.9 Å². The third-order valence-corrected chi connectivity index (χ3v) is 5.13. The van der Waals surface area contributed by atoms with Gasteiger partial charge in [0, 0.05) is 24.7 Å². The molecule has 0 saturated carbocycles. The quantitative estimate of drug-likeness (QED) is 0.748. The van der Waals surface area contributed by atoms with Crippen LogP contribution in [0.4, 0.5) is 5.69 Å². The Balaban J connectivity index is 1.97. The van der Waals surface area contributed by atoms with Crippen LogP contribution in [0.1, 0.15) is 43.7 Å². The van der Waals surface area contributed by atoms with Crippen LogP contribution in [-0.4, -0.2) is 49.4 Å². The number of amides is 2. The number of hydrogen-bond acceptors (Lipinski definition) is 4. The molecule has 1 aliphatic rings. The van der Waals surface area contributed by atoms with E-state index in [9.17, 15) is 9.59 Å². The SMILES string of the molecule is CCCNC(=O)C1CCN(CC(=O)N(CCC#N)c2cc(C)cc(C)c2)CC1. The van der Waals surface area contributed by atoms with Crippen LogP contribution >= 0.6 is 0 Å². The third kappa shape index (κ3) is 6.35. The smallest absolute Gasteiger partial charge is 0.241 e. The van der Waals surface area contributed by atoms with Crippen molar-refractivity contribution in [2.75, 3.05) is 37.6 Å². The minimum absolute atomic E-state index is 0.00846. The lowest BCUT2D eigenvalue weighted by Gasteiger charge is -2.32. The highest BCUT2D eigenvalue weighted by atomic mass is 16.2. The predicted molar refractivity (Wildman–Crippen MR) is 111 cm³/mol. The largest absolute Gasteiger partial charge is 0.356 e. The zero-order valence-corrected chi connectivity index (χ0v) is 17.3. The summed E-state index contributed by atoms with van der Waals surface area (Å²) in [6.45, 7) is 9.00. The number of carbonyl (C=O) groups is 2. The molecular weight excluding hydrogens is 352 g/mol. The van der Waals surface area contributed by atoms with Crippen molar-refractivity contribution in [2.45, 2.75) is 46.5 Å². The minimum Gasteiger partial charge on any atom is -0.356 e. The molecule has 6 nitrogen and oxygen atoms in total. The van der Waals surface area contributed by atoms with Gasteiger partial charge in [-0.1, -0.05) is 13.0 Å². The Labute approximate surface area is 168 Å². The van der Waals surface area contributed by atoms with E-state index in [1.54, 1.807) is 4.90 Å². The van der Waals surface area contributed by atoms with Crippen molar-refractivity contribution in [3.63, 3.8) is 0 Å². The maximum absolute atomic E-state index is 13.0. The number of likely N-dealkylation sites (tertiary alicyclic amines) is 1. The fraction of sp³-hybridized carbons (Fsp3) is 0.591. The van der Waals surface area contributed by atoms with Crippen LogP contribution in [0, 0.1) is 31.1 Å². The van der Waals surface area contributed by atoms with E-state index in [1.165, 1.54) is 0 Å². The summed E-state index contributed by atoms with van der Waals surface area (Å²) >= 11 is 0. The van der Waals surface area contributed by atoms with Crippen molar-refractivity contribution in [2.24, 2.45) is 5.92 Å². The molecule has 1 aromatic rings. The Morgan fingerprint density at radius 2 is 1.86 bits per heavy atom. The lowest BCUT2D eigenvalue weighted by Crippen LogP contribution is -2.46. The van der Waals surface area contributed by atoms with E-state index in [0.29, 0.717) is 19.5 Å². The summed E-state index contributed by atoms with van der Waals surface area (Å²) in [5.74, 6) is 0.194. The van der Waals surface area contributed by atoms with Gasteiger partial charge in [0.15, 0.2) is 0 Å². The second-order valence-electron chi connectivity index (χ2n) is 7.64. The van der Waals surface area contributed by atoms with Gasteiger partial charge in [-0.2, -0.15) is 5.26 Å². The maximum Gasteiger partial charge on any atom is 0.241 e. The Morgan fingerprint density at radius 3 is 2.43 bits per heavy atom. The Morgan fingerprint density at radius 1 is 1.21 bits per heavy atom. The molecule has 0 radical (unpaired) electrons. The molecule has 6 heteroatoms. The van der Waals surface area contributed by atoms with Crippen LogP contribution in [0.25, 0.3) is 0 Å². The van der Waals surface area contributed by atoms with Crippen molar-refractivity contribution in [1.82, 2.24) is 10.2 Å². The van der Waals surface area contributed by atoms with Crippen LogP contribution in [-0.2, 0) is 9.59 Å². The van der Waals surface area contributed by atoms with Gasteiger partial charge in [0.1, 0.15) is 0 Å². The molecule has 1 fully saturated rings. The van der Waals surface area contributed by atoms with Gasteiger partial charge in [0.05, 0.1) is 19.0 Å². The van der Waals surface area contributed by atoms with Gasteiger partial charge in [0.2, 0.25) is 11.8 Å². The number of benzene rings is 1. The highest BCUT2D eigenvalue weighted by Gasteiger charge is 2.27. The molecule has 1 saturated heterocycles. The third-order valence-electron chi connectivity index (χ3n) is 5.13. The average Bonchev–Trinajstić information content (AvgIpc) is 2.66. The molecule has 2 amide bonds. The first-order valence-electron chi connectivity index (χ1n) is 10.2. The summed E-state index contributed by atoms with van der Waals surface area (Å²) in [6.07, 6.45) is 2.81. The van der Waals surface area contributed by atoms with Crippen LogP contribution in [0.15, 0.2) is 18.2 Å². The van der Waals surface area contributed by atoms with Crippen molar-refractivity contribution < 1.29 is 9.59 Å². The van der Waals surface area contributed by atoms with E-state index < -0.39 is 0 Å². The highest BCUT2D eigenvalue weighted by Crippen LogP contribution is 2.21. The zero-order valence-electron chi connectivity index (χ0n) is 17.3. The highest BCUT2D eigenvalue weighted by molar-refractivity contribution is 5.95. The fourth-order valence-electron chi connectivity index (χ4n) is 3.69. The molecule has 0 unspecified atom stereocenters. The van der Waals surface area contributed by atoms with Crippen LogP contribution < -0.4 is 10.2 Å². The Bertz CT molecular complexity index is 697. The molecule has 2 rings (SSSR count). The number of carbonyl (C=O) groups excluding carboxylic acids is 2. The van der Waals surface area contributed by atoms with Crippen molar-refractivity contribution in [1.29, 1.82) is 5.26 Å². The van der Waals surface area contributed by atoms with Gasteiger partial charge in [-0.15, -0.1) is 0 Å². The first-order chi connectivity index (χ1) is 13.4. The van der Waals surface area contributed by atoms with Gasteiger partial charge in [-0.05, 0) is 69.5 Å². The van der Waals surface area contributed by atoms with Gasteiger partial charge < -0.3 is 10.2 Å². The first-order valence-corrected chi connectivity index (χ1v) is 10.2. The number of hydrogen-bond donors (Lipinski definition) is 1. The normalized spacial score (nSPS) is 15.1. The number of aryl methyl sites for hydroxylation is 2. The molecular formula is C22H32N4O2. The van der Waals surface area contributed by atoms with Crippen LogP contribution in [0.5, 0.6) is 0 Å². The number of nitriles is 1. The molecule has 0 atom stereocenters. The molecule has 1 N–H and O–H groups in total. The molecule has 0 aromatic heterocycles. The number of rotatable bonds is 8. The first kappa shape index (κ1) is 21.9. The van der Waals surface area contributed by atoms with Crippen molar-refractivity contribution in [3.8, 4) is 6.07 Å². The molecule has 1 heterocycles. The minimum atomic E-state index is 0.00846. The Kier molecular flexibility index (Phi) is 8.46. The summed E-state index contributed by atoms with van der Waals surface area (Å²) in [5, 5.41) is 11.9. The molecule has 0 spiro atoms. The van der Waals surface area contributed by atoms with E-state index in [0.717, 1.165) is 55.7 Å². The number of nitrogens with one attached hydrogen (secondary N) is 1. The van der Waals surface area contributed by atoms with Crippen LogP contribution in [0.3, 0.4) is 0 Å². The second kappa shape index (κ2) is 10.8. The number of nitrogens with zero attached hydrogens (tertiary/aromatic N) is 3. The maximum atomic E-state index is 13.0. The molecule has 0 aliphatic carbocycles. The van der Waals surface area contributed by atoms with Gasteiger partial charge in [0.25, 0.3) is 0 Å². The lowest BCUT2D eigenvalue weighted by molar-refractivity contribution is -0.126. The van der Waals surface area contributed by atoms with Crippen molar-refractivity contribution in [3.05, 3.63) is 29.3 Å². The van der Waals surface area contributed by atoms with Gasteiger partial charge >= 0.3 is 0 Å². The molecule has 152 valence electrons. The Hall–Kier alpha value is -2.39. The molecule has 1 aliphatic heterocycles. The molecule has 0 bridgehead atoms. The second-order valence-corrected chi connectivity index (χ2v) is 7.64. The molecule has 1 aromatic carbocycles. The number of anilines is 1. The van der Waals surface area contributed by atoms with Gasteiger partial charge in [-0.3, -0.25) is 14.5 Å². The average molecular weight is 385 g/mol. The summed E-state index contributed by atoms with van der Waals surface area (Å²) in [5.41, 5.74) is 3.05.